The number of hydrogen-bond acceptors (Lipinski definition) is 3. The Balaban J connectivity index is 2.46. The summed E-state index contributed by atoms with van der Waals surface area (Å²) in [5.41, 5.74) is 2.20. The summed E-state index contributed by atoms with van der Waals surface area (Å²) in [5.74, 6) is 0.662. The lowest BCUT2D eigenvalue weighted by Gasteiger charge is -2.06. The van der Waals surface area contributed by atoms with Crippen molar-refractivity contribution in [3.8, 4) is 5.69 Å². The summed E-state index contributed by atoms with van der Waals surface area (Å²) >= 11 is 6.01. The number of benzene rings is 1. The van der Waals surface area contributed by atoms with Gasteiger partial charge in [-0.05, 0) is 41.5 Å². The maximum Gasteiger partial charge on any atom is 0.174 e. The zero-order valence-electron chi connectivity index (χ0n) is 9.26. The minimum absolute atomic E-state index is 0.208. The van der Waals surface area contributed by atoms with Crippen LogP contribution < -0.4 is 0 Å². The molecule has 0 saturated carbocycles. The third-order valence-electron chi connectivity index (χ3n) is 2.41. The molecule has 2 aromatic rings. The fourth-order valence-corrected chi connectivity index (χ4v) is 1.67. The number of aromatic nitrogens is 4. The van der Waals surface area contributed by atoms with Crippen molar-refractivity contribution in [1.82, 2.24) is 20.2 Å². The van der Waals surface area contributed by atoms with Crippen LogP contribution in [0.25, 0.3) is 5.69 Å². The van der Waals surface area contributed by atoms with Gasteiger partial charge in [0.25, 0.3) is 0 Å². The number of hydrogen-bond donors (Lipinski definition) is 0. The quantitative estimate of drug-likeness (QED) is 0.770. The third-order valence-corrected chi connectivity index (χ3v) is 2.61. The summed E-state index contributed by atoms with van der Waals surface area (Å²) in [6.45, 7) is 3.97. The SMILES string of the molecule is CCc1cccc(-n2nnnc2C(C)Cl)c1. The number of aryl methyl sites for hydroxylation is 1. The maximum atomic E-state index is 6.01. The Hall–Kier alpha value is -1.42. The molecule has 1 aromatic carbocycles. The van der Waals surface area contributed by atoms with Crippen LogP contribution in [0.3, 0.4) is 0 Å². The number of nitrogens with zero attached hydrogens (tertiary/aromatic N) is 4. The molecule has 0 saturated heterocycles. The number of halogens is 1. The predicted octanol–water partition coefficient (Wildman–Crippen LogP) is 2.52. The molecule has 0 aliphatic rings. The van der Waals surface area contributed by atoms with Crippen LogP contribution in [0.15, 0.2) is 24.3 Å². The van der Waals surface area contributed by atoms with E-state index in [0.29, 0.717) is 5.82 Å². The van der Waals surface area contributed by atoms with Gasteiger partial charge in [-0.25, -0.2) is 0 Å². The zero-order valence-corrected chi connectivity index (χ0v) is 10.0. The van der Waals surface area contributed by atoms with Crippen molar-refractivity contribution in [3.05, 3.63) is 35.7 Å². The highest BCUT2D eigenvalue weighted by molar-refractivity contribution is 6.20. The van der Waals surface area contributed by atoms with Gasteiger partial charge in [-0.2, -0.15) is 4.68 Å². The molecule has 1 aromatic heterocycles. The van der Waals surface area contributed by atoms with Crippen LogP contribution in [0.1, 0.15) is 30.6 Å². The fraction of sp³-hybridized carbons (Fsp3) is 0.364. The summed E-state index contributed by atoms with van der Waals surface area (Å²) in [7, 11) is 0. The molecular weight excluding hydrogens is 224 g/mol. The molecule has 0 spiro atoms. The van der Waals surface area contributed by atoms with Gasteiger partial charge in [-0.1, -0.05) is 19.1 Å². The van der Waals surface area contributed by atoms with Gasteiger partial charge in [-0.3, -0.25) is 0 Å². The van der Waals surface area contributed by atoms with E-state index < -0.39 is 0 Å². The second-order valence-electron chi connectivity index (χ2n) is 3.59. The van der Waals surface area contributed by atoms with Crippen LogP contribution >= 0.6 is 11.6 Å². The Bertz CT molecular complexity index is 478. The van der Waals surface area contributed by atoms with Gasteiger partial charge in [-0.15, -0.1) is 16.7 Å². The lowest BCUT2D eigenvalue weighted by molar-refractivity contribution is 0.759. The Morgan fingerprint density at radius 1 is 1.44 bits per heavy atom. The topological polar surface area (TPSA) is 43.6 Å². The van der Waals surface area contributed by atoms with Crippen molar-refractivity contribution < 1.29 is 0 Å². The standard InChI is InChI=1S/C11H13ClN4/c1-3-9-5-4-6-10(7-9)16-11(8(2)12)13-14-15-16/h4-8H,3H2,1-2H3. The molecule has 1 heterocycles. The molecule has 1 atom stereocenters. The average molecular weight is 237 g/mol. The van der Waals surface area contributed by atoms with E-state index in [-0.39, 0.29) is 5.38 Å². The van der Waals surface area contributed by atoms with Gasteiger partial charge >= 0.3 is 0 Å². The van der Waals surface area contributed by atoms with Crippen molar-refractivity contribution in [2.45, 2.75) is 25.6 Å². The normalized spacial score (nSPS) is 12.7. The van der Waals surface area contributed by atoms with Gasteiger partial charge < -0.3 is 0 Å². The molecule has 1 unspecified atom stereocenters. The van der Waals surface area contributed by atoms with Gasteiger partial charge in [0.1, 0.15) is 0 Å². The molecule has 4 nitrogen and oxygen atoms in total. The minimum atomic E-state index is -0.208. The van der Waals surface area contributed by atoms with Crippen molar-refractivity contribution in [3.63, 3.8) is 0 Å². The summed E-state index contributed by atoms with van der Waals surface area (Å²) in [6, 6.07) is 8.12. The van der Waals surface area contributed by atoms with E-state index in [1.807, 2.05) is 19.1 Å². The van der Waals surface area contributed by atoms with Crippen LogP contribution in [0.5, 0.6) is 0 Å². The second kappa shape index (κ2) is 4.61. The van der Waals surface area contributed by atoms with E-state index in [4.69, 9.17) is 11.6 Å². The molecule has 0 amide bonds. The largest absolute Gasteiger partial charge is 0.196 e. The number of rotatable bonds is 3. The van der Waals surface area contributed by atoms with Crippen LogP contribution in [0.2, 0.25) is 0 Å². The summed E-state index contributed by atoms with van der Waals surface area (Å²) in [5, 5.41) is 11.3. The Morgan fingerprint density at radius 2 is 2.25 bits per heavy atom. The molecule has 0 aliphatic carbocycles. The maximum absolute atomic E-state index is 6.01. The molecule has 0 bridgehead atoms. The predicted molar refractivity (Wildman–Crippen MR) is 62.8 cm³/mol. The smallest absolute Gasteiger partial charge is 0.174 e. The highest BCUT2D eigenvalue weighted by Gasteiger charge is 2.13. The first kappa shape index (κ1) is 11.1. The van der Waals surface area contributed by atoms with E-state index in [1.165, 1.54) is 5.56 Å². The highest BCUT2D eigenvalue weighted by atomic mass is 35.5. The van der Waals surface area contributed by atoms with Gasteiger partial charge in [0.15, 0.2) is 5.82 Å². The molecule has 5 heteroatoms. The van der Waals surface area contributed by atoms with E-state index in [0.717, 1.165) is 12.1 Å². The molecular formula is C11H13ClN4. The fourth-order valence-electron chi connectivity index (χ4n) is 1.53. The summed E-state index contributed by atoms with van der Waals surface area (Å²) < 4.78 is 1.68. The second-order valence-corrected chi connectivity index (χ2v) is 4.24. The van der Waals surface area contributed by atoms with Gasteiger partial charge in [0.05, 0.1) is 11.1 Å². The molecule has 0 N–H and O–H groups in total. The lowest BCUT2D eigenvalue weighted by Crippen LogP contribution is -2.04. The molecule has 0 fully saturated rings. The zero-order chi connectivity index (χ0) is 11.5. The van der Waals surface area contributed by atoms with Gasteiger partial charge in [0, 0.05) is 0 Å². The first-order valence-corrected chi connectivity index (χ1v) is 5.67. The van der Waals surface area contributed by atoms with Crippen LogP contribution in [-0.4, -0.2) is 20.2 Å². The van der Waals surface area contributed by atoms with Crippen molar-refractivity contribution in [2.75, 3.05) is 0 Å². The van der Waals surface area contributed by atoms with Gasteiger partial charge in [0.2, 0.25) is 0 Å². The van der Waals surface area contributed by atoms with E-state index in [2.05, 4.69) is 34.6 Å². The molecule has 84 valence electrons. The van der Waals surface area contributed by atoms with E-state index >= 15 is 0 Å². The molecule has 0 aliphatic heterocycles. The van der Waals surface area contributed by atoms with Crippen LogP contribution in [0, 0.1) is 0 Å². The lowest BCUT2D eigenvalue weighted by atomic mass is 10.1. The van der Waals surface area contributed by atoms with Crippen molar-refractivity contribution in [1.29, 1.82) is 0 Å². The van der Waals surface area contributed by atoms with E-state index in [1.54, 1.807) is 4.68 Å². The molecule has 2 rings (SSSR count). The molecule has 16 heavy (non-hydrogen) atoms. The van der Waals surface area contributed by atoms with Crippen LogP contribution in [0.4, 0.5) is 0 Å². The molecule has 0 radical (unpaired) electrons. The minimum Gasteiger partial charge on any atom is -0.196 e. The monoisotopic (exact) mass is 236 g/mol. The summed E-state index contributed by atoms with van der Waals surface area (Å²) in [6.07, 6.45) is 0.988. The van der Waals surface area contributed by atoms with Crippen molar-refractivity contribution in [2.24, 2.45) is 0 Å². The number of tetrazole rings is 1. The Morgan fingerprint density at radius 3 is 2.94 bits per heavy atom. The van der Waals surface area contributed by atoms with Crippen LogP contribution in [-0.2, 0) is 6.42 Å². The van der Waals surface area contributed by atoms with Crippen molar-refractivity contribution >= 4 is 11.6 Å². The Kier molecular flexibility index (Phi) is 3.19. The number of alkyl halides is 1. The highest BCUT2D eigenvalue weighted by Crippen LogP contribution is 2.19. The Labute approximate surface area is 99.2 Å². The first-order valence-electron chi connectivity index (χ1n) is 5.24. The van der Waals surface area contributed by atoms with E-state index in [9.17, 15) is 0 Å². The average Bonchev–Trinajstić information content (AvgIpc) is 2.78. The summed E-state index contributed by atoms with van der Waals surface area (Å²) in [4.78, 5) is 0. The first-order chi connectivity index (χ1) is 7.72. The third kappa shape index (κ3) is 2.07.